The summed E-state index contributed by atoms with van der Waals surface area (Å²) in [5.41, 5.74) is 1.05. The smallest absolute Gasteiger partial charge is 0.107 e. The molecule has 4 nitrogen and oxygen atoms in total. The molecule has 0 aliphatic carbocycles. The molecular weight excluding hydrogens is 258 g/mol. The molecule has 5 heteroatoms. The van der Waals surface area contributed by atoms with Gasteiger partial charge in [-0.1, -0.05) is 20.8 Å². The second-order valence-electron chi connectivity index (χ2n) is 4.49. The van der Waals surface area contributed by atoms with Gasteiger partial charge in [0.25, 0.3) is 0 Å². The van der Waals surface area contributed by atoms with Crippen LogP contribution in [0.4, 0.5) is 0 Å². The van der Waals surface area contributed by atoms with Gasteiger partial charge in [0.1, 0.15) is 5.01 Å². The molecule has 0 aliphatic heterocycles. The maximum absolute atomic E-state index is 5.67. The van der Waals surface area contributed by atoms with Gasteiger partial charge in [0.2, 0.25) is 0 Å². The average Bonchev–Trinajstić information content (AvgIpc) is 2.87. The number of thiazole rings is 1. The van der Waals surface area contributed by atoms with E-state index in [1.807, 2.05) is 0 Å². The third-order valence-corrected chi connectivity index (χ3v) is 3.90. The Hall–Kier alpha value is -0.490. The van der Waals surface area contributed by atoms with Crippen molar-refractivity contribution in [1.29, 1.82) is 0 Å². The first kappa shape index (κ1) is 16.6. The molecule has 0 aliphatic rings. The summed E-state index contributed by atoms with van der Waals surface area (Å²) in [6, 6.07) is 0. The highest BCUT2D eigenvalue weighted by Gasteiger charge is 2.03. The number of hydrogen-bond acceptors (Lipinski definition) is 5. The van der Waals surface area contributed by atoms with Crippen LogP contribution in [0.1, 0.15) is 37.9 Å². The van der Waals surface area contributed by atoms with Crippen molar-refractivity contribution < 1.29 is 4.74 Å². The third kappa shape index (κ3) is 7.01. The van der Waals surface area contributed by atoms with E-state index >= 15 is 0 Å². The molecule has 0 aromatic carbocycles. The van der Waals surface area contributed by atoms with Crippen LogP contribution in [0.2, 0.25) is 0 Å². The Morgan fingerprint density at radius 3 is 2.79 bits per heavy atom. The molecule has 0 unspecified atom stereocenters. The number of likely N-dealkylation sites (N-methyl/N-ethyl adjacent to an activating group) is 1. The highest BCUT2D eigenvalue weighted by Crippen LogP contribution is 2.10. The van der Waals surface area contributed by atoms with E-state index in [2.05, 4.69) is 41.4 Å². The lowest BCUT2D eigenvalue weighted by atomic mass is 10.4. The Bertz CT molecular complexity index is 326. The van der Waals surface area contributed by atoms with E-state index < -0.39 is 0 Å². The van der Waals surface area contributed by atoms with Crippen LogP contribution in [0.15, 0.2) is 5.38 Å². The van der Waals surface area contributed by atoms with Gasteiger partial charge in [-0.15, -0.1) is 11.3 Å². The summed E-state index contributed by atoms with van der Waals surface area (Å²) in [7, 11) is 0. The molecule has 1 heterocycles. The first-order valence-electron chi connectivity index (χ1n) is 7.24. The van der Waals surface area contributed by atoms with E-state index in [0.29, 0.717) is 6.61 Å². The van der Waals surface area contributed by atoms with E-state index in [4.69, 9.17) is 4.74 Å². The number of ether oxygens (including phenoxy) is 1. The number of aromatic nitrogens is 1. The van der Waals surface area contributed by atoms with Crippen molar-refractivity contribution in [2.75, 3.05) is 32.8 Å². The molecule has 0 spiro atoms. The van der Waals surface area contributed by atoms with Crippen molar-refractivity contribution >= 4 is 11.3 Å². The van der Waals surface area contributed by atoms with Gasteiger partial charge in [0.15, 0.2) is 0 Å². The second-order valence-corrected chi connectivity index (χ2v) is 5.43. The van der Waals surface area contributed by atoms with Crippen LogP contribution in [0.5, 0.6) is 0 Å². The number of rotatable bonds is 11. The first-order chi connectivity index (χ1) is 9.30. The molecule has 0 fully saturated rings. The van der Waals surface area contributed by atoms with Crippen molar-refractivity contribution in [3.8, 4) is 0 Å². The minimum atomic E-state index is 0.631. The van der Waals surface area contributed by atoms with Crippen LogP contribution in [0.3, 0.4) is 0 Å². The number of hydrogen-bond donors (Lipinski definition) is 1. The summed E-state index contributed by atoms with van der Waals surface area (Å²) in [5.74, 6) is 0. The Balaban J connectivity index is 2.15. The van der Waals surface area contributed by atoms with E-state index in [1.54, 1.807) is 11.3 Å². The van der Waals surface area contributed by atoms with Crippen LogP contribution >= 0.6 is 11.3 Å². The summed E-state index contributed by atoms with van der Waals surface area (Å²) in [6.07, 6.45) is 1.16. The van der Waals surface area contributed by atoms with Gasteiger partial charge in [-0.25, -0.2) is 4.98 Å². The zero-order valence-electron chi connectivity index (χ0n) is 12.4. The Morgan fingerprint density at radius 1 is 1.32 bits per heavy atom. The van der Waals surface area contributed by atoms with Gasteiger partial charge in [-0.2, -0.15) is 0 Å². The summed E-state index contributed by atoms with van der Waals surface area (Å²) in [4.78, 5) is 6.92. The molecule has 0 saturated carbocycles. The summed E-state index contributed by atoms with van der Waals surface area (Å²) in [5, 5.41) is 6.61. The molecule has 0 bridgehead atoms. The predicted octanol–water partition coefficient (Wildman–Crippen LogP) is 2.50. The number of nitrogens with one attached hydrogen (secondary N) is 1. The lowest BCUT2D eigenvalue weighted by Crippen LogP contribution is -2.27. The SMILES string of the molecule is CCCNCc1nc(COCCN(CC)CC)cs1. The molecule has 0 radical (unpaired) electrons. The minimum absolute atomic E-state index is 0.631. The minimum Gasteiger partial charge on any atom is -0.374 e. The van der Waals surface area contributed by atoms with Gasteiger partial charge in [-0.05, 0) is 26.1 Å². The first-order valence-corrected chi connectivity index (χ1v) is 8.12. The van der Waals surface area contributed by atoms with E-state index in [1.165, 1.54) is 0 Å². The van der Waals surface area contributed by atoms with E-state index in [-0.39, 0.29) is 0 Å². The van der Waals surface area contributed by atoms with Crippen LogP contribution in [-0.2, 0) is 17.9 Å². The normalized spacial score (nSPS) is 11.4. The van der Waals surface area contributed by atoms with Crippen molar-refractivity contribution in [1.82, 2.24) is 15.2 Å². The highest BCUT2D eigenvalue weighted by molar-refractivity contribution is 7.09. The molecule has 1 aromatic heterocycles. The molecule has 1 rings (SSSR count). The highest BCUT2D eigenvalue weighted by atomic mass is 32.1. The molecule has 0 amide bonds. The lowest BCUT2D eigenvalue weighted by Gasteiger charge is -2.17. The summed E-state index contributed by atoms with van der Waals surface area (Å²) in [6.45, 7) is 13.0. The second kappa shape index (κ2) is 10.3. The van der Waals surface area contributed by atoms with Gasteiger partial charge in [0.05, 0.1) is 18.9 Å². The molecule has 0 atom stereocenters. The van der Waals surface area contributed by atoms with Crippen LogP contribution in [0, 0.1) is 0 Å². The van der Waals surface area contributed by atoms with Crippen LogP contribution in [0.25, 0.3) is 0 Å². The largest absolute Gasteiger partial charge is 0.374 e. The fourth-order valence-electron chi connectivity index (χ4n) is 1.78. The average molecular weight is 285 g/mol. The van der Waals surface area contributed by atoms with Crippen LogP contribution in [-0.4, -0.2) is 42.7 Å². The third-order valence-electron chi connectivity index (χ3n) is 3.00. The van der Waals surface area contributed by atoms with E-state index in [0.717, 1.165) is 56.5 Å². The monoisotopic (exact) mass is 285 g/mol. The molecule has 0 saturated heterocycles. The Kier molecular flexibility index (Phi) is 8.99. The summed E-state index contributed by atoms with van der Waals surface area (Å²) >= 11 is 1.71. The summed E-state index contributed by atoms with van der Waals surface area (Å²) < 4.78 is 5.67. The zero-order chi connectivity index (χ0) is 13.9. The molecular formula is C14H27N3OS. The molecule has 19 heavy (non-hydrogen) atoms. The standard InChI is InChI=1S/C14H27N3OS/c1-4-7-15-10-14-16-13(12-19-14)11-18-9-8-17(5-2)6-3/h12,15H,4-11H2,1-3H3. The molecule has 1 N–H and O–H groups in total. The van der Waals surface area contributed by atoms with Gasteiger partial charge in [0, 0.05) is 18.5 Å². The lowest BCUT2D eigenvalue weighted by molar-refractivity contribution is 0.0938. The quantitative estimate of drug-likeness (QED) is 0.634. The van der Waals surface area contributed by atoms with Crippen molar-refractivity contribution in [2.24, 2.45) is 0 Å². The van der Waals surface area contributed by atoms with Gasteiger partial charge >= 0.3 is 0 Å². The Labute approximate surface area is 121 Å². The maximum Gasteiger partial charge on any atom is 0.107 e. The van der Waals surface area contributed by atoms with Crippen molar-refractivity contribution in [3.05, 3.63) is 16.1 Å². The maximum atomic E-state index is 5.67. The molecule has 110 valence electrons. The fourth-order valence-corrected chi connectivity index (χ4v) is 2.53. The van der Waals surface area contributed by atoms with E-state index in [9.17, 15) is 0 Å². The number of nitrogens with zero attached hydrogens (tertiary/aromatic N) is 2. The Morgan fingerprint density at radius 2 is 2.11 bits per heavy atom. The van der Waals surface area contributed by atoms with Crippen molar-refractivity contribution in [2.45, 2.75) is 40.3 Å². The predicted molar refractivity (Wildman–Crippen MR) is 81.6 cm³/mol. The molecule has 1 aromatic rings. The van der Waals surface area contributed by atoms with Gasteiger partial charge in [-0.3, -0.25) is 0 Å². The topological polar surface area (TPSA) is 37.4 Å². The van der Waals surface area contributed by atoms with Crippen LogP contribution < -0.4 is 5.32 Å². The zero-order valence-corrected chi connectivity index (χ0v) is 13.3. The fraction of sp³-hybridized carbons (Fsp3) is 0.786. The van der Waals surface area contributed by atoms with Gasteiger partial charge < -0.3 is 15.0 Å². The van der Waals surface area contributed by atoms with Crippen molar-refractivity contribution in [3.63, 3.8) is 0 Å².